The van der Waals surface area contributed by atoms with Crippen molar-refractivity contribution in [1.29, 1.82) is 0 Å². The molecule has 0 heterocycles. The fourth-order valence-corrected chi connectivity index (χ4v) is 7.04. The summed E-state index contributed by atoms with van der Waals surface area (Å²) in [7, 11) is 1.48. The van der Waals surface area contributed by atoms with Crippen LogP contribution in [0.5, 0.6) is 0 Å². The molecule has 9 nitrogen and oxygen atoms in total. The molecule has 0 aromatic heterocycles. The third kappa shape index (κ3) is 42.1. The summed E-state index contributed by atoms with van der Waals surface area (Å²) in [6.45, 7) is 4.41. The molecule has 0 radical (unpaired) electrons. The Labute approximate surface area is 345 Å². The van der Waals surface area contributed by atoms with Gasteiger partial charge in [-0.3, -0.25) is 18.6 Å². The Kier molecular flexibility index (Phi) is 37.9. The number of unbranched alkanes of at least 4 members (excludes halogenated alkanes) is 24. The number of rotatable bonds is 42. The SMILES string of the molecule is CCCCCC/C=C\CCCCCCCCCC(=O)O[C@H](COC(=O)CCCCCCCCC/C=C\CCCCCCCC)COP(=O)(O)OCC[N+](C)(C)C. The maximum absolute atomic E-state index is 12.7. The number of phosphoric acid groups is 1. The number of carbonyl (C=O) groups is 2. The zero-order valence-electron chi connectivity index (χ0n) is 37.1. The molecule has 10 heteroatoms. The van der Waals surface area contributed by atoms with Gasteiger partial charge in [-0.05, 0) is 64.2 Å². The lowest BCUT2D eigenvalue weighted by atomic mass is 10.1. The van der Waals surface area contributed by atoms with Crippen molar-refractivity contribution in [2.75, 3.05) is 47.5 Å². The van der Waals surface area contributed by atoms with Crippen molar-refractivity contribution in [1.82, 2.24) is 0 Å². The lowest BCUT2D eigenvalue weighted by Gasteiger charge is -2.24. The van der Waals surface area contributed by atoms with Gasteiger partial charge in [0, 0.05) is 12.8 Å². The first-order valence-electron chi connectivity index (χ1n) is 23.1. The average Bonchev–Trinajstić information content (AvgIpc) is 3.15. The standard InChI is InChI=1S/C46H88NO8P/c1-6-8-10-12-14-16-18-20-22-23-25-26-28-30-32-34-36-38-45(48)52-42-44(43-54-56(50,51)53-41-40-47(3,4)5)55-46(49)39-37-35-33-31-29-27-24-21-19-17-15-13-11-9-7-2/h17,19-20,22,44H,6-16,18,21,23-43H2,1-5H3/p+1/b19-17-,22-20-/t44-/m1/s1. The molecule has 0 saturated heterocycles. The van der Waals surface area contributed by atoms with E-state index in [2.05, 4.69) is 38.2 Å². The van der Waals surface area contributed by atoms with Gasteiger partial charge in [0.2, 0.25) is 0 Å². The quantitative estimate of drug-likeness (QED) is 0.0213. The molecule has 0 aliphatic rings. The van der Waals surface area contributed by atoms with Gasteiger partial charge in [0.25, 0.3) is 0 Å². The predicted octanol–water partition coefficient (Wildman–Crippen LogP) is 13.1. The molecule has 56 heavy (non-hydrogen) atoms. The molecule has 0 aromatic carbocycles. The maximum atomic E-state index is 12.7. The number of likely N-dealkylation sites (N-methyl/N-ethyl adjacent to an activating group) is 1. The molecular formula is C46H89NO8P+. The van der Waals surface area contributed by atoms with E-state index in [4.69, 9.17) is 18.5 Å². The van der Waals surface area contributed by atoms with Gasteiger partial charge in [0.1, 0.15) is 19.8 Å². The van der Waals surface area contributed by atoms with Crippen LogP contribution >= 0.6 is 7.82 Å². The summed E-state index contributed by atoms with van der Waals surface area (Å²) in [6, 6.07) is 0. The number of carbonyl (C=O) groups excluding carboxylic acids is 2. The second kappa shape index (κ2) is 39.0. The summed E-state index contributed by atoms with van der Waals surface area (Å²) >= 11 is 0. The fraction of sp³-hybridized carbons (Fsp3) is 0.870. The highest BCUT2D eigenvalue weighted by Gasteiger charge is 2.27. The van der Waals surface area contributed by atoms with Crippen molar-refractivity contribution < 1.29 is 42.1 Å². The number of nitrogens with zero attached hydrogens (tertiary/aromatic N) is 1. The fourth-order valence-electron chi connectivity index (χ4n) is 6.30. The highest BCUT2D eigenvalue weighted by atomic mass is 31.2. The van der Waals surface area contributed by atoms with Crippen molar-refractivity contribution in [2.45, 2.75) is 213 Å². The van der Waals surface area contributed by atoms with Crippen LogP contribution in [-0.2, 0) is 32.7 Å². The van der Waals surface area contributed by atoms with Crippen LogP contribution in [0, 0.1) is 0 Å². The minimum Gasteiger partial charge on any atom is -0.462 e. The molecule has 0 amide bonds. The van der Waals surface area contributed by atoms with Gasteiger partial charge in [-0.15, -0.1) is 0 Å². The largest absolute Gasteiger partial charge is 0.472 e. The van der Waals surface area contributed by atoms with Gasteiger partial charge in [0.15, 0.2) is 6.10 Å². The van der Waals surface area contributed by atoms with Crippen LogP contribution in [0.2, 0.25) is 0 Å². The summed E-state index contributed by atoms with van der Waals surface area (Å²) in [4.78, 5) is 35.4. The van der Waals surface area contributed by atoms with Gasteiger partial charge >= 0.3 is 19.8 Å². The van der Waals surface area contributed by atoms with Gasteiger partial charge in [-0.2, -0.15) is 0 Å². The molecule has 2 atom stereocenters. The first-order valence-corrected chi connectivity index (χ1v) is 24.6. The predicted molar refractivity (Wildman–Crippen MR) is 234 cm³/mol. The number of ether oxygens (including phenoxy) is 2. The smallest absolute Gasteiger partial charge is 0.462 e. The molecule has 0 aromatic rings. The molecular weight excluding hydrogens is 725 g/mol. The lowest BCUT2D eigenvalue weighted by Crippen LogP contribution is -2.37. The molecule has 0 aliphatic heterocycles. The zero-order chi connectivity index (χ0) is 41.4. The Morgan fingerprint density at radius 3 is 1.34 bits per heavy atom. The van der Waals surface area contributed by atoms with E-state index in [9.17, 15) is 19.0 Å². The van der Waals surface area contributed by atoms with Crippen LogP contribution in [0.4, 0.5) is 0 Å². The number of hydrogen-bond acceptors (Lipinski definition) is 7. The molecule has 0 bridgehead atoms. The lowest BCUT2D eigenvalue weighted by molar-refractivity contribution is -0.870. The van der Waals surface area contributed by atoms with E-state index < -0.39 is 26.5 Å². The zero-order valence-corrected chi connectivity index (χ0v) is 38.0. The van der Waals surface area contributed by atoms with Crippen LogP contribution in [0.25, 0.3) is 0 Å². The third-order valence-electron chi connectivity index (χ3n) is 9.95. The van der Waals surface area contributed by atoms with E-state index in [1.54, 1.807) is 0 Å². The van der Waals surface area contributed by atoms with Crippen LogP contribution in [0.15, 0.2) is 24.3 Å². The van der Waals surface area contributed by atoms with Crippen LogP contribution in [0.1, 0.15) is 206 Å². The van der Waals surface area contributed by atoms with E-state index in [0.717, 1.165) is 44.9 Å². The van der Waals surface area contributed by atoms with E-state index in [-0.39, 0.29) is 32.0 Å². The summed E-state index contributed by atoms with van der Waals surface area (Å²) in [5, 5.41) is 0. The number of esters is 2. The van der Waals surface area contributed by atoms with E-state index in [0.29, 0.717) is 17.4 Å². The van der Waals surface area contributed by atoms with Gasteiger partial charge in [-0.1, -0.05) is 154 Å². The summed E-state index contributed by atoms with van der Waals surface area (Å²) < 4.78 is 34.3. The van der Waals surface area contributed by atoms with Crippen LogP contribution in [0.3, 0.4) is 0 Å². The number of phosphoric ester groups is 1. The molecule has 0 spiro atoms. The Morgan fingerprint density at radius 2 is 0.911 bits per heavy atom. The molecule has 0 fully saturated rings. The van der Waals surface area contributed by atoms with Gasteiger partial charge < -0.3 is 18.9 Å². The Balaban J connectivity index is 4.32. The van der Waals surface area contributed by atoms with Crippen molar-refractivity contribution in [3.8, 4) is 0 Å². The number of hydrogen-bond donors (Lipinski definition) is 1. The number of allylic oxidation sites excluding steroid dienone is 4. The monoisotopic (exact) mass is 815 g/mol. The normalized spacial score (nSPS) is 13.8. The van der Waals surface area contributed by atoms with E-state index >= 15 is 0 Å². The maximum Gasteiger partial charge on any atom is 0.472 e. The highest BCUT2D eigenvalue weighted by molar-refractivity contribution is 7.47. The highest BCUT2D eigenvalue weighted by Crippen LogP contribution is 2.43. The van der Waals surface area contributed by atoms with Crippen molar-refractivity contribution in [3.63, 3.8) is 0 Å². The average molecular weight is 815 g/mol. The van der Waals surface area contributed by atoms with Crippen molar-refractivity contribution in [3.05, 3.63) is 24.3 Å². The van der Waals surface area contributed by atoms with Crippen LogP contribution in [-0.4, -0.2) is 74.9 Å². The van der Waals surface area contributed by atoms with Crippen molar-refractivity contribution in [2.24, 2.45) is 0 Å². The molecule has 1 N–H and O–H groups in total. The van der Waals surface area contributed by atoms with E-state index in [1.807, 2.05) is 21.1 Å². The topological polar surface area (TPSA) is 108 Å². The van der Waals surface area contributed by atoms with Gasteiger partial charge in [-0.25, -0.2) is 4.57 Å². The minimum absolute atomic E-state index is 0.0314. The van der Waals surface area contributed by atoms with Gasteiger partial charge in [0.05, 0.1) is 27.7 Å². The second-order valence-electron chi connectivity index (χ2n) is 16.8. The molecule has 0 rings (SSSR count). The molecule has 0 aliphatic carbocycles. The second-order valence-corrected chi connectivity index (χ2v) is 18.2. The Hall–Kier alpha value is -1.51. The first-order chi connectivity index (χ1) is 27.0. The van der Waals surface area contributed by atoms with E-state index in [1.165, 1.54) is 128 Å². The molecule has 330 valence electrons. The summed E-state index contributed by atoms with van der Waals surface area (Å²) in [5.41, 5.74) is 0. The first kappa shape index (κ1) is 54.5. The third-order valence-corrected chi connectivity index (χ3v) is 10.9. The van der Waals surface area contributed by atoms with Crippen molar-refractivity contribution >= 4 is 19.8 Å². The molecule has 0 saturated carbocycles. The molecule has 1 unspecified atom stereocenters. The minimum atomic E-state index is -4.37. The number of quaternary nitrogens is 1. The Bertz CT molecular complexity index is 1010. The van der Waals surface area contributed by atoms with Crippen LogP contribution < -0.4 is 0 Å². The Morgan fingerprint density at radius 1 is 0.536 bits per heavy atom. The summed E-state index contributed by atoms with van der Waals surface area (Å²) in [6.07, 6.45) is 42.2. The summed E-state index contributed by atoms with van der Waals surface area (Å²) in [5.74, 6) is -0.803.